The quantitative estimate of drug-likeness (QED) is 0.534. The Balaban J connectivity index is 2.03. The van der Waals surface area contributed by atoms with Crippen molar-refractivity contribution in [3.8, 4) is 0 Å². The zero-order chi connectivity index (χ0) is 14.3. The maximum Gasteiger partial charge on any atom is 0.167 e. The number of aromatic nitrogens is 4. The Kier molecular flexibility index (Phi) is 3.26. The lowest BCUT2D eigenvalue weighted by atomic mass is 10.1. The van der Waals surface area contributed by atoms with E-state index in [1.54, 1.807) is 7.05 Å². The molecule has 2 aromatic heterocycles. The maximum atomic E-state index is 10.0. The van der Waals surface area contributed by atoms with Crippen molar-refractivity contribution in [2.45, 2.75) is 24.5 Å². The first-order valence-corrected chi connectivity index (χ1v) is 6.15. The van der Waals surface area contributed by atoms with Crippen molar-refractivity contribution in [1.82, 2.24) is 19.5 Å². The van der Waals surface area contributed by atoms with E-state index in [4.69, 9.17) is 9.84 Å². The molecule has 2 aromatic rings. The van der Waals surface area contributed by atoms with Crippen molar-refractivity contribution in [1.29, 1.82) is 0 Å². The summed E-state index contributed by atoms with van der Waals surface area (Å²) >= 11 is 0. The van der Waals surface area contributed by atoms with Gasteiger partial charge in [-0.05, 0) is 0 Å². The molecule has 0 aromatic carbocycles. The second kappa shape index (κ2) is 4.94. The molecule has 1 aliphatic heterocycles. The van der Waals surface area contributed by atoms with Gasteiger partial charge in [0.05, 0.1) is 12.9 Å². The summed E-state index contributed by atoms with van der Waals surface area (Å²) in [7, 11) is 1.72. The molecule has 9 nitrogen and oxygen atoms in total. The molecule has 0 spiro atoms. The molecule has 1 fully saturated rings. The first-order chi connectivity index (χ1) is 9.67. The normalized spacial score (nSPS) is 30.0. The summed E-state index contributed by atoms with van der Waals surface area (Å²) in [5.41, 5.74) is 1.01. The van der Waals surface area contributed by atoms with E-state index in [0.29, 0.717) is 17.0 Å². The minimum atomic E-state index is -1.17. The van der Waals surface area contributed by atoms with Gasteiger partial charge in [0.25, 0.3) is 0 Å². The number of aliphatic hydroxyl groups excluding tert-OH is 3. The molecular formula is C11H15N5O4. The van der Waals surface area contributed by atoms with Crippen LogP contribution in [-0.4, -0.2) is 66.8 Å². The van der Waals surface area contributed by atoms with Gasteiger partial charge in [-0.25, -0.2) is 15.0 Å². The average Bonchev–Trinajstić information content (AvgIpc) is 3.01. The monoisotopic (exact) mass is 281 g/mol. The number of hydrogen-bond donors (Lipinski definition) is 4. The van der Waals surface area contributed by atoms with Crippen LogP contribution in [0.2, 0.25) is 0 Å². The number of nitrogens with one attached hydrogen (secondary N) is 1. The highest BCUT2D eigenvalue weighted by Crippen LogP contribution is 2.31. The molecule has 4 N–H and O–H groups in total. The summed E-state index contributed by atoms with van der Waals surface area (Å²) in [6.07, 6.45) is -1.19. The Morgan fingerprint density at radius 2 is 2.10 bits per heavy atom. The van der Waals surface area contributed by atoms with Crippen LogP contribution in [0.4, 0.5) is 5.82 Å². The molecule has 3 heterocycles. The number of fused-ring (bicyclic) bond motifs is 1. The van der Waals surface area contributed by atoms with Crippen LogP contribution in [0.3, 0.4) is 0 Å². The van der Waals surface area contributed by atoms with Gasteiger partial charge >= 0.3 is 0 Å². The van der Waals surface area contributed by atoms with Gasteiger partial charge in [0.1, 0.15) is 30.2 Å². The number of ether oxygens (including phenoxy) is 1. The zero-order valence-corrected chi connectivity index (χ0v) is 10.7. The third-order valence-corrected chi connectivity index (χ3v) is 3.39. The van der Waals surface area contributed by atoms with E-state index in [9.17, 15) is 10.2 Å². The molecule has 0 aliphatic carbocycles. The topological polar surface area (TPSA) is 126 Å². The van der Waals surface area contributed by atoms with Gasteiger partial charge in [-0.3, -0.25) is 4.57 Å². The second-order valence-corrected chi connectivity index (χ2v) is 4.53. The van der Waals surface area contributed by atoms with Crippen LogP contribution >= 0.6 is 0 Å². The largest absolute Gasteiger partial charge is 0.394 e. The lowest BCUT2D eigenvalue weighted by Crippen LogP contribution is -2.33. The lowest BCUT2D eigenvalue weighted by molar-refractivity contribution is -0.0511. The Morgan fingerprint density at radius 1 is 1.30 bits per heavy atom. The van der Waals surface area contributed by atoms with Crippen LogP contribution in [0, 0.1) is 0 Å². The van der Waals surface area contributed by atoms with Crippen molar-refractivity contribution in [3.05, 3.63) is 12.7 Å². The van der Waals surface area contributed by atoms with E-state index in [1.165, 1.54) is 17.2 Å². The summed E-state index contributed by atoms with van der Waals surface area (Å²) in [6, 6.07) is 0. The molecule has 0 amide bonds. The first kappa shape index (κ1) is 13.2. The minimum absolute atomic E-state index is 0.377. The highest BCUT2D eigenvalue weighted by atomic mass is 16.6. The fourth-order valence-corrected chi connectivity index (χ4v) is 2.33. The van der Waals surface area contributed by atoms with E-state index >= 15 is 0 Å². The lowest BCUT2D eigenvalue weighted by Gasteiger charge is -2.16. The molecule has 1 saturated heterocycles. The molecule has 3 rings (SSSR count). The zero-order valence-electron chi connectivity index (χ0n) is 10.7. The summed E-state index contributed by atoms with van der Waals surface area (Å²) in [6.45, 7) is -0.377. The summed E-state index contributed by atoms with van der Waals surface area (Å²) in [5, 5.41) is 31.8. The standard InChI is InChI=1S/C11H15N5O4/c1-12-9-6-10(14-3-13-9)16(4-15-6)11-8(19)7(18)5(2-17)20-11/h3-5,7-8,11,17-19H,2H2,1H3,(H,12,13,14)/t5-,7?,8-,11-/m1/s1. The first-order valence-electron chi connectivity index (χ1n) is 6.15. The summed E-state index contributed by atoms with van der Waals surface area (Å²) in [5.74, 6) is 0.556. The predicted molar refractivity (Wildman–Crippen MR) is 67.9 cm³/mol. The molecular weight excluding hydrogens is 266 g/mol. The number of aliphatic hydroxyl groups is 3. The van der Waals surface area contributed by atoms with Crippen LogP contribution in [-0.2, 0) is 4.74 Å². The smallest absolute Gasteiger partial charge is 0.167 e. The van der Waals surface area contributed by atoms with Gasteiger partial charge in [0, 0.05) is 7.05 Å². The van der Waals surface area contributed by atoms with Crippen LogP contribution < -0.4 is 5.32 Å². The molecule has 1 unspecified atom stereocenters. The highest BCUT2D eigenvalue weighted by Gasteiger charge is 2.43. The van der Waals surface area contributed by atoms with Gasteiger partial charge in [-0.2, -0.15) is 0 Å². The summed E-state index contributed by atoms with van der Waals surface area (Å²) < 4.78 is 6.97. The molecule has 1 aliphatic rings. The van der Waals surface area contributed by atoms with Crippen molar-refractivity contribution in [3.63, 3.8) is 0 Å². The highest BCUT2D eigenvalue weighted by molar-refractivity contribution is 5.82. The summed E-state index contributed by atoms with van der Waals surface area (Å²) in [4.78, 5) is 12.3. The average molecular weight is 281 g/mol. The maximum absolute atomic E-state index is 10.0. The van der Waals surface area contributed by atoms with E-state index < -0.39 is 24.5 Å². The number of hydrogen-bond acceptors (Lipinski definition) is 8. The van der Waals surface area contributed by atoms with Gasteiger partial charge in [0.2, 0.25) is 0 Å². The molecule has 108 valence electrons. The van der Waals surface area contributed by atoms with E-state index in [0.717, 1.165) is 0 Å². The molecule has 0 saturated carbocycles. The van der Waals surface area contributed by atoms with Gasteiger partial charge in [0.15, 0.2) is 17.7 Å². The van der Waals surface area contributed by atoms with Crippen molar-refractivity contribution < 1.29 is 20.1 Å². The van der Waals surface area contributed by atoms with Crippen LogP contribution in [0.15, 0.2) is 12.7 Å². The fourth-order valence-electron chi connectivity index (χ4n) is 2.33. The van der Waals surface area contributed by atoms with E-state index in [2.05, 4.69) is 20.3 Å². The van der Waals surface area contributed by atoms with Crippen molar-refractivity contribution >= 4 is 17.0 Å². The second-order valence-electron chi connectivity index (χ2n) is 4.53. The molecule has 0 radical (unpaired) electrons. The van der Waals surface area contributed by atoms with Crippen molar-refractivity contribution in [2.75, 3.05) is 19.0 Å². The van der Waals surface area contributed by atoms with E-state index in [-0.39, 0.29) is 6.61 Å². The third-order valence-electron chi connectivity index (χ3n) is 3.39. The SMILES string of the molecule is CNc1ncnc2c1ncn2[C@@H]1O[C@H](CO)C(O)[C@H]1O. The number of imidazole rings is 1. The molecule has 20 heavy (non-hydrogen) atoms. The predicted octanol–water partition coefficient (Wildman–Crippen LogP) is -1.52. The molecule has 4 atom stereocenters. The molecule has 9 heteroatoms. The Hall–Kier alpha value is -1.81. The Morgan fingerprint density at radius 3 is 2.75 bits per heavy atom. The van der Waals surface area contributed by atoms with Crippen LogP contribution in [0.5, 0.6) is 0 Å². The van der Waals surface area contributed by atoms with Crippen LogP contribution in [0.1, 0.15) is 6.23 Å². The van der Waals surface area contributed by atoms with Gasteiger partial charge in [-0.1, -0.05) is 0 Å². The molecule has 0 bridgehead atoms. The third kappa shape index (κ3) is 1.83. The Bertz CT molecular complexity index is 618. The fraction of sp³-hybridized carbons (Fsp3) is 0.545. The van der Waals surface area contributed by atoms with Gasteiger partial charge < -0.3 is 25.4 Å². The minimum Gasteiger partial charge on any atom is -0.394 e. The van der Waals surface area contributed by atoms with Crippen molar-refractivity contribution in [2.24, 2.45) is 0 Å². The number of rotatable bonds is 3. The Labute approximate surface area is 113 Å². The number of nitrogens with zero attached hydrogens (tertiary/aromatic N) is 4. The van der Waals surface area contributed by atoms with E-state index in [1.807, 2.05) is 0 Å². The number of anilines is 1. The van der Waals surface area contributed by atoms with Gasteiger partial charge in [-0.15, -0.1) is 0 Å². The van der Waals surface area contributed by atoms with Crippen LogP contribution in [0.25, 0.3) is 11.2 Å².